The topological polar surface area (TPSA) is 29.9 Å². The highest BCUT2D eigenvalue weighted by molar-refractivity contribution is 5.71. The monoisotopic (exact) mass is 361 g/mol. The van der Waals surface area contributed by atoms with Gasteiger partial charge in [-0.3, -0.25) is 0 Å². The summed E-state index contributed by atoms with van der Waals surface area (Å²) in [5.74, 6) is -2.33. The summed E-state index contributed by atoms with van der Waals surface area (Å²) >= 11 is 0. The first-order chi connectivity index (χ1) is 12.5. The molecule has 0 saturated carbocycles. The van der Waals surface area contributed by atoms with Crippen LogP contribution in [0.4, 0.5) is 23.4 Å². The number of hydrogen-bond acceptors (Lipinski definition) is 2. The van der Waals surface area contributed by atoms with Crippen molar-refractivity contribution in [1.29, 1.82) is 0 Å². The fourth-order valence-corrected chi connectivity index (χ4v) is 3.23. The summed E-state index contributed by atoms with van der Waals surface area (Å²) in [5, 5.41) is 7.58. The lowest BCUT2D eigenvalue weighted by atomic mass is 10.0. The number of fused-ring (bicyclic) bond motifs is 1. The van der Waals surface area contributed by atoms with Crippen LogP contribution in [0.3, 0.4) is 0 Å². The van der Waals surface area contributed by atoms with Crippen LogP contribution in [0, 0.1) is 23.3 Å². The number of hydrogen-bond donors (Lipinski definition) is 1. The molecule has 0 saturated heterocycles. The Morgan fingerprint density at radius 3 is 2.35 bits per heavy atom. The lowest BCUT2D eigenvalue weighted by molar-refractivity contribution is 0.574. The van der Waals surface area contributed by atoms with E-state index < -0.39 is 23.3 Å². The second kappa shape index (κ2) is 6.48. The first-order valence-corrected chi connectivity index (χ1v) is 8.31. The second-order valence-corrected chi connectivity index (χ2v) is 6.19. The van der Waals surface area contributed by atoms with Crippen LogP contribution in [-0.2, 0) is 6.42 Å². The molecule has 1 N–H and O–H groups in total. The van der Waals surface area contributed by atoms with Gasteiger partial charge in [-0.25, -0.2) is 22.2 Å². The SMILES string of the molecule is Fc1ccc(-c2nn(-c3ccc(F)cc3F)c3c2CCCCN3)c(F)c1. The summed E-state index contributed by atoms with van der Waals surface area (Å²) in [6, 6.07) is 6.48. The van der Waals surface area contributed by atoms with E-state index in [1.807, 2.05) is 0 Å². The third-order valence-corrected chi connectivity index (χ3v) is 4.45. The minimum absolute atomic E-state index is 0.0609. The molecule has 0 bridgehead atoms. The molecule has 2 heterocycles. The predicted molar refractivity (Wildman–Crippen MR) is 90.3 cm³/mol. The predicted octanol–water partition coefficient (Wildman–Crippen LogP) is 4.84. The van der Waals surface area contributed by atoms with E-state index in [1.54, 1.807) is 0 Å². The molecular formula is C19H15F4N3. The summed E-state index contributed by atoms with van der Waals surface area (Å²) in [5.41, 5.74) is 1.27. The highest BCUT2D eigenvalue weighted by Gasteiger charge is 2.24. The van der Waals surface area contributed by atoms with E-state index in [0.717, 1.165) is 42.7 Å². The smallest absolute Gasteiger partial charge is 0.151 e. The Morgan fingerprint density at radius 1 is 0.885 bits per heavy atom. The molecule has 7 heteroatoms. The zero-order chi connectivity index (χ0) is 18.3. The Hall–Kier alpha value is -2.83. The Balaban J connectivity index is 1.95. The van der Waals surface area contributed by atoms with Crippen molar-refractivity contribution in [2.45, 2.75) is 19.3 Å². The van der Waals surface area contributed by atoms with Gasteiger partial charge in [0.05, 0.1) is 0 Å². The molecule has 134 valence electrons. The van der Waals surface area contributed by atoms with Gasteiger partial charge in [0, 0.05) is 29.8 Å². The molecular weight excluding hydrogens is 346 g/mol. The molecule has 2 aromatic carbocycles. The second-order valence-electron chi connectivity index (χ2n) is 6.19. The summed E-state index contributed by atoms with van der Waals surface area (Å²) < 4.78 is 56.5. The largest absolute Gasteiger partial charge is 0.370 e. The van der Waals surface area contributed by atoms with Crippen LogP contribution >= 0.6 is 0 Å². The van der Waals surface area contributed by atoms with Crippen molar-refractivity contribution in [2.75, 3.05) is 11.9 Å². The van der Waals surface area contributed by atoms with Gasteiger partial charge >= 0.3 is 0 Å². The number of benzene rings is 2. The average Bonchev–Trinajstić information content (AvgIpc) is 2.77. The molecule has 0 radical (unpaired) electrons. The van der Waals surface area contributed by atoms with E-state index in [4.69, 9.17) is 0 Å². The summed E-state index contributed by atoms with van der Waals surface area (Å²) in [4.78, 5) is 0. The van der Waals surface area contributed by atoms with E-state index in [9.17, 15) is 17.6 Å². The molecule has 1 aliphatic rings. The van der Waals surface area contributed by atoms with Gasteiger partial charge < -0.3 is 5.32 Å². The average molecular weight is 361 g/mol. The number of anilines is 1. The van der Waals surface area contributed by atoms with E-state index >= 15 is 0 Å². The first-order valence-electron chi connectivity index (χ1n) is 8.31. The normalized spacial score (nSPS) is 13.8. The highest BCUT2D eigenvalue weighted by atomic mass is 19.1. The Labute approximate surface area is 147 Å². The van der Waals surface area contributed by atoms with Crippen LogP contribution in [0.5, 0.6) is 0 Å². The molecule has 4 rings (SSSR count). The Kier molecular flexibility index (Phi) is 4.14. The van der Waals surface area contributed by atoms with Crippen molar-refractivity contribution in [3.8, 4) is 16.9 Å². The van der Waals surface area contributed by atoms with Crippen LogP contribution in [0.15, 0.2) is 36.4 Å². The first kappa shape index (κ1) is 16.6. The van der Waals surface area contributed by atoms with Gasteiger partial charge in [-0.1, -0.05) is 0 Å². The molecule has 0 fully saturated rings. The van der Waals surface area contributed by atoms with Crippen molar-refractivity contribution in [2.24, 2.45) is 0 Å². The molecule has 3 aromatic rings. The van der Waals surface area contributed by atoms with Crippen molar-refractivity contribution < 1.29 is 17.6 Å². The molecule has 0 aliphatic carbocycles. The number of aromatic nitrogens is 2. The van der Waals surface area contributed by atoms with Crippen LogP contribution in [0.2, 0.25) is 0 Å². The van der Waals surface area contributed by atoms with Gasteiger partial charge in [0.2, 0.25) is 0 Å². The van der Waals surface area contributed by atoms with Gasteiger partial charge in [-0.05, 0) is 43.5 Å². The molecule has 0 atom stereocenters. The highest BCUT2D eigenvalue weighted by Crippen LogP contribution is 2.35. The zero-order valence-corrected chi connectivity index (χ0v) is 13.7. The number of nitrogens with zero attached hydrogens (tertiary/aromatic N) is 2. The van der Waals surface area contributed by atoms with E-state index in [2.05, 4.69) is 10.4 Å². The van der Waals surface area contributed by atoms with Crippen molar-refractivity contribution in [3.05, 3.63) is 65.2 Å². The molecule has 26 heavy (non-hydrogen) atoms. The van der Waals surface area contributed by atoms with Crippen molar-refractivity contribution >= 4 is 5.82 Å². The zero-order valence-electron chi connectivity index (χ0n) is 13.7. The molecule has 1 aliphatic heterocycles. The van der Waals surface area contributed by atoms with Crippen molar-refractivity contribution in [3.63, 3.8) is 0 Å². The maximum absolute atomic E-state index is 14.3. The summed E-state index contributed by atoms with van der Waals surface area (Å²) in [6.07, 6.45) is 2.37. The molecule has 0 spiro atoms. The minimum atomic E-state index is -0.771. The fraction of sp³-hybridized carbons (Fsp3) is 0.211. The van der Waals surface area contributed by atoms with Gasteiger partial charge in [0.15, 0.2) is 5.82 Å². The molecule has 3 nitrogen and oxygen atoms in total. The fourth-order valence-electron chi connectivity index (χ4n) is 3.23. The van der Waals surface area contributed by atoms with Gasteiger partial charge in [-0.2, -0.15) is 5.10 Å². The maximum atomic E-state index is 14.3. The molecule has 0 amide bonds. The lowest BCUT2D eigenvalue weighted by Crippen LogP contribution is -2.08. The standard InChI is InChI=1S/C19H15F4N3/c20-11-4-6-13(15(22)9-11)18-14-3-1-2-8-24-19(14)26(25-18)17-7-5-12(21)10-16(17)23/h4-7,9-10,24H,1-3,8H2. The van der Waals surface area contributed by atoms with Crippen LogP contribution in [0.1, 0.15) is 18.4 Å². The molecule has 0 unspecified atom stereocenters. The quantitative estimate of drug-likeness (QED) is 0.662. The third-order valence-electron chi connectivity index (χ3n) is 4.45. The van der Waals surface area contributed by atoms with Gasteiger partial charge in [0.25, 0.3) is 0 Å². The van der Waals surface area contributed by atoms with E-state index in [1.165, 1.54) is 16.8 Å². The summed E-state index contributed by atoms with van der Waals surface area (Å²) in [6.45, 7) is 0.660. The van der Waals surface area contributed by atoms with Crippen LogP contribution in [0.25, 0.3) is 16.9 Å². The summed E-state index contributed by atoms with van der Waals surface area (Å²) in [7, 11) is 0. The van der Waals surface area contributed by atoms with Crippen LogP contribution < -0.4 is 5.32 Å². The van der Waals surface area contributed by atoms with Crippen molar-refractivity contribution in [1.82, 2.24) is 9.78 Å². The van der Waals surface area contributed by atoms with E-state index in [-0.39, 0.29) is 11.3 Å². The molecule has 1 aromatic heterocycles. The maximum Gasteiger partial charge on any atom is 0.151 e. The lowest BCUT2D eigenvalue weighted by Gasteiger charge is -2.10. The Bertz CT molecular complexity index is 905. The number of rotatable bonds is 2. The van der Waals surface area contributed by atoms with E-state index in [0.29, 0.717) is 24.5 Å². The number of halogens is 4. The number of nitrogens with one attached hydrogen (secondary N) is 1. The van der Waals surface area contributed by atoms with Gasteiger partial charge in [0.1, 0.15) is 34.7 Å². The third kappa shape index (κ3) is 2.83. The Morgan fingerprint density at radius 2 is 1.62 bits per heavy atom. The minimum Gasteiger partial charge on any atom is -0.370 e. The van der Waals surface area contributed by atoms with Gasteiger partial charge in [-0.15, -0.1) is 0 Å². The van der Waals surface area contributed by atoms with Crippen LogP contribution in [-0.4, -0.2) is 16.3 Å².